The van der Waals surface area contributed by atoms with Gasteiger partial charge in [-0.15, -0.1) is 11.3 Å². The molecule has 0 fully saturated rings. The largest absolute Gasteiger partial charge is 0.496 e. The van der Waals surface area contributed by atoms with Crippen LogP contribution in [0.1, 0.15) is 68.5 Å². The Morgan fingerprint density at radius 1 is 1.14 bits per heavy atom. The van der Waals surface area contributed by atoms with Crippen molar-refractivity contribution in [2.45, 2.75) is 59.6 Å². The molecule has 0 saturated heterocycles. The van der Waals surface area contributed by atoms with Gasteiger partial charge in [0.25, 0.3) is 0 Å². The maximum atomic E-state index is 13.0. The van der Waals surface area contributed by atoms with Crippen LogP contribution in [0.5, 0.6) is 5.75 Å². The molecule has 0 N–H and O–H groups in total. The van der Waals surface area contributed by atoms with Crippen LogP contribution in [0.2, 0.25) is 0 Å². The molecule has 8 heteroatoms. The van der Waals surface area contributed by atoms with Gasteiger partial charge in [-0.05, 0) is 50.3 Å². The number of benzene rings is 1. The predicted octanol–water partition coefficient (Wildman–Crippen LogP) is 5.85. The highest BCUT2D eigenvalue weighted by Crippen LogP contribution is 2.47. The standard InChI is InChI=1S/C28H34N2O5S/c1-9-35-25(32)19-15-30-20(13-21(19)31)17-12-22(33-7)18(10-16(17)11-24(30)27(2,3)4)23-14-29-26(36-23)28(5,6)34-8/h10,12-15,24H,9,11H2,1-8H3. The van der Waals surface area contributed by atoms with Crippen LogP contribution >= 0.6 is 11.3 Å². The molecule has 1 aliphatic rings. The van der Waals surface area contributed by atoms with Gasteiger partial charge in [-0.2, -0.15) is 0 Å². The summed E-state index contributed by atoms with van der Waals surface area (Å²) in [5.41, 5.74) is 2.85. The third-order valence-electron chi connectivity index (χ3n) is 6.82. The third-order valence-corrected chi connectivity index (χ3v) is 8.16. The number of pyridine rings is 1. The first-order chi connectivity index (χ1) is 16.9. The molecule has 0 bridgehead atoms. The molecule has 1 unspecified atom stereocenters. The fourth-order valence-corrected chi connectivity index (χ4v) is 5.59. The Kier molecular flexibility index (Phi) is 6.88. The van der Waals surface area contributed by atoms with E-state index in [-0.39, 0.29) is 29.1 Å². The average molecular weight is 511 g/mol. The Morgan fingerprint density at radius 3 is 2.47 bits per heavy atom. The first kappa shape index (κ1) is 26.1. The summed E-state index contributed by atoms with van der Waals surface area (Å²) in [5, 5.41) is 0.885. The Labute approximate surface area is 216 Å². The molecule has 0 aliphatic carbocycles. The minimum Gasteiger partial charge on any atom is -0.496 e. The van der Waals surface area contributed by atoms with Gasteiger partial charge in [0.1, 0.15) is 21.9 Å². The van der Waals surface area contributed by atoms with Crippen molar-refractivity contribution in [2.24, 2.45) is 5.41 Å². The van der Waals surface area contributed by atoms with Crippen molar-refractivity contribution in [3.8, 4) is 27.4 Å². The van der Waals surface area contributed by atoms with Crippen LogP contribution in [-0.2, 0) is 21.5 Å². The Morgan fingerprint density at radius 2 is 1.86 bits per heavy atom. The smallest absolute Gasteiger partial charge is 0.343 e. The van der Waals surface area contributed by atoms with Crippen LogP contribution in [0, 0.1) is 5.41 Å². The lowest BCUT2D eigenvalue weighted by Crippen LogP contribution is -2.33. The molecule has 0 radical (unpaired) electrons. The van der Waals surface area contributed by atoms with Crippen LogP contribution in [-0.4, -0.2) is 36.3 Å². The molecule has 3 heterocycles. The third kappa shape index (κ3) is 4.60. The second kappa shape index (κ2) is 9.48. The molecule has 36 heavy (non-hydrogen) atoms. The van der Waals surface area contributed by atoms with E-state index in [1.165, 1.54) is 0 Å². The minimum absolute atomic E-state index is 0.0273. The number of fused-ring (bicyclic) bond motifs is 3. The lowest BCUT2D eigenvalue weighted by Gasteiger charge is -2.39. The van der Waals surface area contributed by atoms with Crippen LogP contribution in [0.25, 0.3) is 21.7 Å². The van der Waals surface area contributed by atoms with Gasteiger partial charge in [-0.25, -0.2) is 9.78 Å². The number of carbonyl (C=O) groups is 1. The molecular weight excluding hydrogens is 476 g/mol. The highest BCUT2D eigenvalue weighted by Gasteiger charge is 2.34. The lowest BCUT2D eigenvalue weighted by molar-refractivity contribution is 0.0190. The number of thiazole rings is 1. The molecule has 0 spiro atoms. The maximum Gasteiger partial charge on any atom is 0.343 e. The number of aromatic nitrogens is 2. The maximum absolute atomic E-state index is 13.0. The number of rotatable bonds is 6. The van der Waals surface area contributed by atoms with Gasteiger partial charge in [0.05, 0.1) is 24.3 Å². The summed E-state index contributed by atoms with van der Waals surface area (Å²) in [7, 11) is 3.32. The number of methoxy groups -OCH3 is 2. The number of nitrogens with zero attached hydrogens (tertiary/aromatic N) is 2. The highest BCUT2D eigenvalue weighted by atomic mass is 32.1. The summed E-state index contributed by atoms with van der Waals surface area (Å²) in [6.45, 7) is 12.4. The molecule has 1 aromatic carbocycles. The van der Waals surface area contributed by atoms with Crippen molar-refractivity contribution in [3.63, 3.8) is 0 Å². The van der Waals surface area contributed by atoms with E-state index >= 15 is 0 Å². The van der Waals surface area contributed by atoms with E-state index in [9.17, 15) is 9.59 Å². The number of hydrogen-bond acceptors (Lipinski definition) is 7. The Bertz CT molecular complexity index is 1360. The van der Waals surface area contributed by atoms with E-state index in [1.807, 2.05) is 26.1 Å². The number of esters is 1. The van der Waals surface area contributed by atoms with Gasteiger partial charge in [0, 0.05) is 42.7 Å². The topological polar surface area (TPSA) is 79.7 Å². The lowest BCUT2D eigenvalue weighted by atomic mass is 9.78. The quantitative estimate of drug-likeness (QED) is 0.387. The van der Waals surface area contributed by atoms with Crippen molar-refractivity contribution in [2.75, 3.05) is 20.8 Å². The van der Waals surface area contributed by atoms with Crippen molar-refractivity contribution in [3.05, 3.63) is 57.0 Å². The predicted molar refractivity (Wildman–Crippen MR) is 142 cm³/mol. The molecule has 1 aliphatic heterocycles. The van der Waals surface area contributed by atoms with Gasteiger partial charge in [0.2, 0.25) is 0 Å². The van der Waals surface area contributed by atoms with Gasteiger partial charge < -0.3 is 18.8 Å². The molecule has 0 saturated carbocycles. The zero-order valence-corrected chi connectivity index (χ0v) is 23.0. The monoisotopic (exact) mass is 510 g/mol. The van der Waals surface area contributed by atoms with Gasteiger partial charge >= 0.3 is 5.97 Å². The van der Waals surface area contributed by atoms with Crippen molar-refractivity contribution in [1.29, 1.82) is 0 Å². The molecular formula is C28H34N2O5S. The SMILES string of the molecule is CCOC(=O)c1cn2c(cc1=O)-c1cc(OC)c(-c3cnc(C(C)(C)OC)s3)cc1CC2C(C)(C)C. The summed E-state index contributed by atoms with van der Waals surface area (Å²) in [6.07, 6.45) is 4.26. The van der Waals surface area contributed by atoms with E-state index in [2.05, 4.69) is 36.4 Å². The normalized spacial score (nSPS) is 15.3. The van der Waals surface area contributed by atoms with E-state index < -0.39 is 11.6 Å². The van der Waals surface area contributed by atoms with Crippen LogP contribution in [0.4, 0.5) is 0 Å². The molecule has 3 aromatic rings. The number of hydrogen-bond donors (Lipinski definition) is 0. The average Bonchev–Trinajstić information content (AvgIpc) is 3.33. The zero-order chi connectivity index (χ0) is 26.4. The first-order valence-corrected chi connectivity index (χ1v) is 12.9. The fraction of sp³-hybridized carbons (Fsp3) is 0.464. The van der Waals surface area contributed by atoms with Gasteiger partial charge in [-0.1, -0.05) is 20.8 Å². The van der Waals surface area contributed by atoms with Crippen molar-refractivity contribution in [1.82, 2.24) is 9.55 Å². The zero-order valence-electron chi connectivity index (χ0n) is 22.2. The summed E-state index contributed by atoms with van der Waals surface area (Å²) >= 11 is 1.58. The van der Waals surface area contributed by atoms with E-state index in [0.717, 1.165) is 38.7 Å². The second-order valence-electron chi connectivity index (χ2n) is 10.6. The summed E-state index contributed by atoms with van der Waals surface area (Å²) in [4.78, 5) is 31.1. The summed E-state index contributed by atoms with van der Waals surface area (Å²) in [6, 6.07) is 5.71. The van der Waals surface area contributed by atoms with Crippen LogP contribution < -0.4 is 10.2 Å². The first-order valence-electron chi connectivity index (χ1n) is 12.1. The fourth-order valence-electron chi connectivity index (χ4n) is 4.57. The Balaban J connectivity index is 1.91. The number of ether oxygens (including phenoxy) is 3. The van der Waals surface area contributed by atoms with Gasteiger partial charge in [-0.3, -0.25) is 4.79 Å². The molecule has 192 valence electrons. The molecule has 2 aromatic heterocycles. The van der Waals surface area contributed by atoms with E-state index in [0.29, 0.717) is 5.75 Å². The molecule has 1 atom stereocenters. The van der Waals surface area contributed by atoms with Gasteiger partial charge in [0.15, 0.2) is 5.43 Å². The highest BCUT2D eigenvalue weighted by molar-refractivity contribution is 7.15. The van der Waals surface area contributed by atoms with Crippen molar-refractivity contribution < 1.29 is 19.0 Å². The summed E-state index contributed by atoms with van der Waals surface area (Å²) in [5.74, 6) is 0.103. The minimum atomic E-state index is -0.593. The van der Waals surface area contributed by atoms with Crippen LogP contribution in [0.3, 0.4) is 0 Å². The Hall–Kier alpha value is -2.97. The molecule has 7 nitrogen and oxygen atoms in total. The summed E-state index contributed by atoms with van der Waals surface area (Å²) < 4.78 is 18.6. The molecule has 4 rings (SSSR count). The van der Waals surface area contributed by atoms with Crippen LogP contribution in [0.15, 0.2) is 35.4 Å². The van der Waals surface area contributed by atoms with E-state index in [4.69, 9.17) is 14.2 Å². The number of carbonyl (C=O) groups excluding carboxylic acids is 1. The van der Waals surface area contributed by atoms with E-state index in [1.54, 1.807) is 44.7 Å². The molecule has 0 amide bonds. The second-order valence-corrected chi connectivity index (χ2v) is 11.6. The van der Waals surface area contributed by atoms with Crippen molar-refractivity contribution >= 4 is 17.3 Å².